The van der Waals surface area contributed by atoms with Crippen LogP contribution in [0, 0.1) is 10.1 Å². The number of imide groups is 1. The van der Waals surface area contributed by atoms with Crippen LogP contribution in [0.5, 0.6) is 0 Å². The number of non-ortho nitro benzene ring substituents is 1. The first-order chi connectivity index (χ1) is 6.65. The highest BCUT2D eigenvalue weighted by Gasteiger charge is 2.07. The van der Waals surface area contributed by atoms with E-state index in [9.17, 15) is 19.7 Å². The molecule has 0 aromatic heterocycles. The summed E-state index contributed by atoms with van der Waals surface area (Å²) in [6, 6.07) is 4.94. The summed E-state index contributed by atoms with van der Waals surface area (Å²) in [5.41, 5.74) is 0.0929. The molecular formula is C8H6N2O4. The average molecular weight is 194 g/mol. The van der Waals surface area contributed by atoms with Crippen LogP contribution >= 0.6 is 0 Å². The van der Waals surface area contributed by atoms with Gasteiger partial charge in [-0.2, -0.15) is 0 Å². The van der Waals surface area contributed by atoms with E-state index in [1.165, 1.54) is 24.3 Å². The van der Waals surface area contributed by atoms with Crippen molar-refractivity contribution in [1.82, 2.24) is 5.32 Å². The average Bonchev–Trinajstić information content (AvgIpc) is 2.18. The summed E-state index contributed by atoms with van der Waals surface area (Å²) in [5.74, 6) is -0.588. The summed E-state index contributed by atoms with van der Waals surface area (Å²) in [4.78, 5) is 30.6. The first kappa shape index (κ1) is 9.85. The zero-order chi connectivity index (χ0) is 10.6. The number of carbonyl (C=O) groups excluding carboxylic acids is 2. The lowest BCUT2D eigenvalue weighted by molar-refractivity contribution is -0.384. The molecule has 0 spiro atoms. The van der Waals surface area contributed by atoms with Crippen molar-refractivity contribution >= 4 is 18.0 Å². The topological polar surface area (TPSA) is 89.3 Å². The Hall–Kier alpha value is -2.24. The number of amides is 2. The molecule has 0 aliphatic rings. The maximum Gasteiger partial charge on any atom is 0.269 e. The largest absolute Gasteiger partial charge is 0.295 e. The third-order valence-electron chi connectivity index (χ3n) is 1.53. The van der Waals surface area contributed by atoms with Gasteiger partial charge in [0, 0.05) is 17.7 Å². The summed E-state index contributed by atoms with van der Waals surface area (Å²) in [7, 11) is 0. The van der Waals surface area contributed by atoms with Gasteiger partial charge in [0.25, 0.3) is 11.6 Å². The van der Waals surface area contributed by atoms with Crippen LogP contribution in [0.15, 0.2) is 24.3 Å². The minimum Gasteiger partial charge on any atom is -0.295 e. The molecule has 0 aliphatic carbocycles. The number of rotatable bonds is 3. The molecular weight excluding hydrogens is 188 g/mol. The summed E-state index contributed by atoms with van der Waals surface area (Å²) in [6.07, 6.45) is 0.254. The summed E-state index contributed by atoms with van der Waals surface area (Å²) >= 11 is 0. The zero-order valence-corrected chi connectivity index (χ0v) is 6.97. The molecule has 1 aromatic carbocycles. The van der Waals surface area contributed by atoms with Crippen molar-refractivity contribution in [1.29, 1.82) is 0 Å². The Morgan fingerprint density at radius 3 is 2.36 bits per heavy atom. The Kier molecular flexibility index (Phi) is 2.90. The van der Waals surface area contributed by atoms with Crippen LogP contribution in [0.4, 0.5) is 5.69 Å². The van der Waals surface area contributed by atoms with E-state index in [2.05, 4.69) is 0 Å². The van der Waals surface area contributed by atoms with Gasteiger partial charge in [0.05, 0.1) is 4.92 Å². The Labute approximate surface area is 78.7 Å². The van der Waals surface area contributed by atoms with E-state index in [0.29, 0.717) is 0 Å². The van der Waals surface area contributed by atoms with Gasteiger partial charge in [0.15, 0.2) is 0 Å². The number of hydrogen-bond donors (Lipinski definition) is 1. The van der Waals surface area contributed by atoms with Gasteiger partial charge in [-0.15, -0.1) is 0 Å². The predicted octanol–water partition coefficient (Wildman–Crippen LogP) is 0.481. The first-order valence-corrected chi connectivity index (χ1v) is 3.64. The summed E-state index contributed by atoms with van der Waals surface area (Å²) in [6.45, 7) is 0. The van der Waals surface area contributed by atoms with Crippen molar-refractivity contribution in [2.45, 2.75) is 0 Å². The molecule has 0 aliphatic heterocycles. The van der Waals surface area contributed by atoms with E-state index in [4.69, 9.17) is 0 Å². The molecule has 2 amide bonds. The zero-order valence-electron chi connectivity index (χ0n) is 6.97. The van der Waals surface area contributed by atoms with Gasteiger partial charge in [0.1, 0.15) is 0 Å². The maximum absolute atomic E-state index is 11.0. The molecule has 1 rings (SSSR count). The number of nitrogens with one attached hydrogen (secondary N) is 1. The molecule has 0 heterocycles. The number of nitro groups is 1. The standard InChI is InChI=1S/C8H6N2O4/c11-5-9-8(12)6-1-3-7(4-2-6)10(13)14/h1-5H,(H,9,11,12). The number of carbonyl (C=O) groups is 2. The van der Waals surface area contributed by atoms with Gasteiger partial charge in [-0.05, 0) is 12.1 Å². The monoisotopic (exact) mass is 194 g/mol. The molecule has 0 bridgehead atoms. The second-order valence-electron chi connectivity index (χ2n) is 2.40. The lowest BCUT2D eigenvalue weighted by Crippen LogP contribution is -2.20. The molecule has 0 fully saturated rings. The third kappa shape index (κ3) is 2.13. The Bertz CT molecular complexity index is 371. The second kappa shape index (κ2) is 4.13. The molecule has 0 unspecified atom stereocenters. The van der Waals surface area contributed by atoms with Gasteiger partial charge in [0.2, 0.25) is 6.41 Å². The van der Waals surface area contributed by atoms with Gasteiger partial charge < -0.3 is 0 Å². The van der Waals surface area contributed by atoms with Crippen molar-refractivity contribution < 1.29 is 14.5 Å². The van der Waals surface area contributed by atoms with Crippen LogP contribution in [0.1, 0.15) is 10.4 Å². The fourth-order valence-electron chi connectivity index (χ4n) is 0.871. The molecule has 6 nitrogen and oxygen atoms in total. The maximum atomic E-state index is 11.0. The van der Waals surface area contributed by atoms with Crippen LogP contribution in [0.25, 0.3) is 0 Å². The minimum absolute atomic E-state index is 0.104. The van der Waals surface area contributed by atoms with Crippen molar-refractivity contribution in [2.75, 3.05) is 0 Å². The Morgan fingerprint density at radius 2 is 1.93 bits per heavy atom. The summed E-state index contributed by atoms with van der Waals surface area (Å²) in [5, 5.41) is 12.2. The van der Waals surface area contributed by atoms with E-state index in [0.717, 1.165) is 0 Å². The van der Waals surface area contributed by atoms with Crippen molar-refractivity contribution in [2.24, 2.45) is 0 Å². The molecule has 0 atom stereocenters. The molecule has 1 aromatic rings. The molecule has 6 heteroatoms. The van der Waals surface area contributed by atoms with E-state index in [-0.39, 0.29) is 17.7 Å². The lowest BCUT2D eigenvalue weighted by Gasteiger charge is -1.97. The molecule has 1 N–H and O–H groups in total. The van der Waals surface area contributed by atoms with Crippen molar-refractivity contribution in [3.05, 3.63) is 39.9 Å². The van der Waals surface area contributed by atoms with Gasteiger partial charge in [-0.25, -0.2) is 0 Å². The number of nitro benzene ring substituents is 1. The van der Waals surface area contributed by atoms with Gasteiger partial charge >= 0.3 is 0 Å². The second-order valence-corrected chi connectivity index (χ2v) is 2.40. The van der Waals surface area contributed by atoms with E-state index in [1.54, 1.807) is 0 Å². The molecule has 0 saturated carbocycles. The molecule has 72 valence electrons. The van der Waals surface area contributed by atoms with Crippen LogP contribution < -0.4 is 5.32 Å². The van der Waals surface area contributed by atoms with Crippen LogP contribution in [0.3, 0.4) is 0 Å². The first-order valence-electron chi connectivity index (χ1n) is 3.64. The van der Waals surface area contributed by atoms with Gasteiger partial charge in [-0.1, -0.05) is 0 Å². The Morgan fingerprint density at radius 1 is 1.36 bits per heavy atom. The molecule has 0 saturated heterocycles. The van der Waals surface area contributed by atoms with E-state index in [1.807, 2.05) is 5.32 Å². The van der Waals surface area contributed by atoms with Crippen molar-refractivity contribution in [3.63, 3.8) is 0 Å². The molecule has 0 radical (unpaired) electrons. The van der Waals surface area contributed by atoms with Gasteiger partial charge in [-0.3, -0.25) is 25.0 Å². The van der Waals surface area contributed by atoms with Crippen LogP contribution in [-0.4, -0.2) is 17.2 Å². The van der Waals surface area contributed by atoms with E-state index < -0.39 is 10.8 Å². The number of benzene rings is 1. The highest BCUT2D eigenvalue weighted by Crippen LogP contribution is 2.11. The summed E-state index contributed by atoms with van der Waals surface area (Å²) < 4.78 is 0. The lowest BCUT2D eigenvalue weighted by atomic mass is 10.2. The highest BCUT2D eigenvalue weighted by atomic mass is 16.6. The fourth-order valence-corrected chi connectivity index (χ4v) is 0.871. The van der Waals surface area contributed by atoms with Crippen molar-refractivity contribution in [3.8, 4) is 0 Å². The third-order valence-corrected chi connectivity index (χ3v) is 1.53. The molecule has 14 heavy (non-hydrogen) atoms. The highest BCUT2D eigenvalue weighted by molar-refractivity contribution is 5.99. The fraction of sp³-hybridized carbons (Fsp3) is 0. The minimum atomic E-state index is -0.588. The Balaban J connectivity index is 2.88. The van der Waals surface area contributed by atoms with E-state index >= 15 is 0 Å². The predicted molar refractivity (Wildman–Crippen MR) is 46.6 cm³/mol. The SMILES string of the molecule is O=CNC(=O)c1ccc([N+](=O)[O-])cc1. The smallest absolute Gasteiger partial charge is 0.269 e. The normalized spacial score (nSPS) is 9.14. The van der Waals surface area contributed by atoms with Crippen LogP contribution in [-0.2, 0) is 4.79 Å². The van der Waals surface area contributed by atoms with Crippen LogP contribution in [0.2, 0.25) is 0 Å². The number of hydrogen-bond acceptors (Lipinski definition) is 4. The quantitative estimate of drug-likeness (QED) is 0.430. The number of nitrogens with zero attached hydrogens (tertiary/aromatic N) is 1.